The highest BCUT2D eigenvalue weighted by Crippen LogP contribution is 2.44. The van der Waals surface area contributed by atoms with Crippen LogP contribution in [0, 0.1) is 5.41 Å². The average Bonchev–Trinajstić information content (AvgIpc) is 3.18. The van der Waals surface area contributed by atoms with E-state index in [1.165, 1.54) is 0 Å². The Balaban J connectivity index is 1.65. The fourth-order valence-corrected chi connectivity index (χ4v) is 4.60. The molecular formula is C18H31N3O3. The zero-order chi connectivity index (χ0) is 17.7. The molecule has 0 radical (unpaired) electrons. The van der Waals surface area contributed by atoms with Crippen LogP contribution < -0.4 is 5.73 Å². The molecule has 2 N–H and O–H groups in total. The SMILES string of the molecule is CC[C@]1(C(=O)N2C[C@@H]3C[C@H]2CN3C(=O)OC(C)(C)C)CC[C@@H](N)C1. The molecule has 3 aliphatic rings. The molecule has 0 aromatic carbocycles. The molecule has 2 bridgehead atoms. The highest BCUT2D eigenvalue weighted by atomic mass is 16.6. The summed E-state index contributed by atoms with van der Waals surface area (Å²) >= 11 is 0. The Morgan fingerprint density at radius 1 is 1.21 bits per heavy atom. The Bertz CT molecular complexity index is 530. The zero-order valence-electron chi connectivity index (χ0n) is 15.4. The molecule has 4 atom stereocenters. The number of likely N-dealkylation sites (tertiary alicyclic amines) is 2. The van der Waals surface area contributed by atoms with Crippen LogP contribution in [0.25, 0.3) is 0 Å². The molecule has 2 heterocycles. The van der Waals surface area contributed by atoms with Crippen molar-refractivity contribution in [1.82, 2.24) is 9.80 Å². The molecule has 24 heavy (non-hydrogen) atoms. The van der Waals surface area contributed by atoms with E-state index in [9.17, 15) is 9.59 Å². The molecule has 136 valence electrons. The number of carbonyl (C=O) groups excluding carboxylic acids is 2. The van der Waals surface area contributed by atoms with E-state index < -0.39 is 5.60 Å². The predicted octanol–water partition coefficient (Wildman–Crippen LogP) is 2.11. The summed E-state index contributed by atoms with van der Waals surface area (Å²) in [5, 5.41) is 0. The Morgan fingerprint density at radius 2 is 1.83 bits per heavy atom. The minimum absolute atomic E-state index is 0.0952. The van der Waals surface area contributed by atoms with Gasteiger partial charge in [-0.25, -0.2) is 4.79 Å². The number of carbonyl (C=O) groups is 2. The molecular weight excluding hydrogens is 306 g/mol. The number of amides is 2. The van der Waals surface area contributed by atoms with Crippen LogP contribution >= 0.6 is 0 Å². The van der Waals surface area contributed by atoms with Crippen molar-refractivity contribution in [3.05, 3.63) is 0 Å². The smallest absolute Gasteiger partial charge is 0.410 e. The van der Waals surface area contributed by atoms with Crippen molar-refractivity contribution in [1.29, 1.82) is 0 Å². The monoisotopic (exact) mass is 337 g/mol. The minimum atomic E-state index is -0.485. The summed E-state index contributed by atoms with van der Waals surface area (Å²) < 4.78 is 5.49. The number of hydrogen-bond acceptors (Lipinski definition) is 4. The molecule has 3 rings (SSSR count). The lowest BCUT2D eigenvalue weighted by Gasteiger charge is -2.39. The summed E-state index contributed by atoms with van der Waals surface area (Å²) in [4.78, 5) is 29.3. The topological polar surface area (TPSA) is 75.9 Å². The van der Waals surface area contributed by atoms with Crippen molar-refractivity contribution in [2.45, 2.75) is 83.5 Å². The molecule has 3 fully saturated rings. The van der Waals surface area contributed by atoms with E-state index >= 15 is 0 Å². The fraction of sp³-hybridized carbons (Fsp3) is 0.889. The molecule has 0 aromatic rings. The third kappa shape index (κ3) is 3.01. The molecule has 6 nitrogen and oxygen atoms in total. The van der Waals surface area contributed by atoms with Gasteiger partial charge in [-0.05, 0) is 52.9 Å². The van der Waals surface area contributed by atoms with Gasteiger partial charge in [-0.15, -0.1) is 0 Å². The van der Waals surface area contributed by atoms with Gasteiger partial charge < -0.3 is 20.3 Å². The maximum atomic E-state index is 13.2. The van der Waals surface area contributed by atoms with E-state index in [1.807, 2.05) is 25.7 Å². The van der Waals surface area contributed by atoms with Crippen molar-refractivity contribution >= 4 is 12.0 Å². The molecule has 0 unspecified atom stereocenters. The van der Waals surface area contributed by atoms with E-state index in [2.05, 4.69) is 6.92 Å². The van der Waals surface area contributed by atoms with Gasteiger partial charge in [0.05, 0.1) is 17.5 Å². The maximum absolute atomic E-state index is 13.2. The van der Waals surface area contributed by atoms with Crippen LogP contribution in [0.15, 0.2) is 0 Å². The molecule has 0 spiro atoms. The normalized spacial score (nSPS) is 35.6. The van der Waals surface area contributed by atoms with Gasteiger partial charge in [0.15, 0.2) is 0 Å². The van der Waals surface area contributed by atoms with Crippen LogP contribution in [-0.2, 0) is 9.53 Å². The van der Waals surface area contributed by atoms with Gasteiger partial charge in [0, 0.05) is 19.1 Å². The number of rotatable bonds is 2. The number of piperazine rings is 1. The first-order valence-corrected chi connectivity index (χ1v) is 9.21. The average molecular weight is 337 g/mol. The van der Waals surface area contributed by atoms with Crippen molar-refractivity contribution in [3.8, 4) is 0 Å². The van der Waals surface area contributed by atoms with Crippen LogP contribution in [0.2, 0.25) is 0 Å². The predicted molar refractivity (Wildman–Crippen MR) is 91.4 cm³/mol. The first-order valence-electron chi connectivity index (χ1n) is 9.21. The number of fused-ring (bicyclic) bond motifs is 2. The number of ether oxygens (including phenoxy) is 1. The molecule has 1 saturated carbocycles. The first-order chi connectivity index (χ1) is 11.1. The van der Waals surface area contributed by atoms with Gasteiger partial charge in [0.1, 0.15) is 5.60 Å². The number of hydrogen-bond donors (Lipinski definition) is 1. The van der Waals surface area contributed by atoms with Gasteiger partial charge in [-0.1, -0.05) is 6.92 Å². The largest absolute Gasteiger partial charge is 0.444 e. The fourth-order valence-electron chi connectivity index (χ4n) is 4.60. The number of nitrogens with zero attached hydrogens (tertiary/aromatic N) is 2. The van der Waals surface area contributed by atoms with Gasteiger partial charge in [0.25, 0.3) is 0 Å². The summed E-state index contributed by atoms with van der Waals surface area (Å²) in [7, 11) is 0. The molecule has 0 aromatic heterocycles. The van der Waals surface area contributed by atoms with Gasteiger partial charge in [-0.3, -0.25) is 4.79 Å². The van der Waals surface area contributed by atoms with Crippen LogP contribution in [0.4, 0.5) is 4.79 Å². The summed E-state index contributed by atoms with van der Waals surface area (Å²) in [6.45, 7) is 8.96. The maximum Gasteiger partial charge on any atom is 0.410 e. The van der Waals surface area contributed by atoms with Crippen LogP contribution in [0.5, 0.6) is 0 Å². The second-order valence-electron chi connectivity index (χ2n) is 8.77. The standard InChI is InChI=1S/C18H31N3O3/c1-5-18(7-6-12(19)9-18)15(22)20-10-14-8-13(20)11-21(14)16(23)24-17(2,3)4/h12-14H,5-11,19H2,1-4H3/t12-,13+,14+,18+/m1/s1. The van der Waals surface area contributed by atoms with Gasteiger partial charge in [-0.2, -0.15) is 0 Å². The van der Waals surface area contributed by atoms with E-state index in [4.69, 9.17) is 10.5 Å². The Hall–Kier alpha value is -1.30. The second kappa shape index (κ2) is 5.90. The Morgan fingerprint density at radius 3 is 2.29 bits per heavy atom. The quantitative estimate of drug-likeness (QED) is 0.837. The Kier molecular flexibility index (Phi) is 4.31. The number of nitrogens with two attached hydrogens (primary N) is 1. The van der Waals surface area contributed by atoms with E-state index in [0.717, 1.165) is 32.1 Å². The van der Waals surface area contributed by atoms with Crippen LogP contribution in [0.3, 0.4) is 0 Å². The summed E-state index contributed by atoms with van der Waals surface area (Å²) in [6, 6.07) is 0.375. The van der Waals surface area contributed by atoms with E-state index in [0.29, 0.717) is 13.1 Å². The summed E-state index contributed by atoms with van der Waals surface area (Å²) in [5.41, 5.74) is 5.32. The summed E-state index contributed by atoms with van der Waals surface area (Å²) in [6.07, 6.45) is 4.10. The van der Waals surface area contributed by atoms with Gasteiger partial charge in [0.2, 0.25) is 5.91 Å². The second-order valence-corrected chi connectivity index (χ2v) is 8.77. The molecule has 1 aliphatic carbocycles. The lowest BCUT2D eigenvalue weighted by molar-refractivity contribution is -0.144. The van der Waals surface area contributed by atoms with E-state index in [-0.39, 0.29) is 35.5 Å². The van der Waals surface area contributed by atoms with Gasteiger partial charge >= 0.3 is 6.09 Å². The molecule has 6 heteroatoms. The lowest BCUT2D eigenvalue weighted by atomic mass is 9.81. The lowest BCUT2D eigenvalue weighted by Crippen LogP contribution is -2.54. The third-order valence-corrected chi connectivity index (χ3v) is 5.91. The zero-order valence-corrected chi connectivity index (χ0v) is 15.4. The highest BCUT2D eigenvalue weighted by molar-refractivity contribution is 5.84. The molecule has 2 saturated heterocycles. The molecule has 2 aliphatic heterocycles. The minimum Gasteiger partial charge on any atom is -0.444 e. The first kappa shape index (κ1) is 17.5. The van der Waals surface area contributed by atoms with Crippen molar-refractivity contribution in [3.63, 3.8) is 0 Å². The Labute approximate surface area is 144 Å². The van der Waals surface area contributed by atoms with Crippen molar-refractivity contribution < 1.29 is 14.3 Å². The van der Waals surface area contributed by atoms with Crippen LogP contribution in [-0.4, -0.2) is 58.6 Å². The third-order valence-electron chi connectivity index (χ3n) is 5.91. The molecule has 2 amide bonds. The van der Waals surface area contributed by atoms with E-state index in [1.54, 1.807) is 4.90 Å². The highest BCUT2D eigenvalue weighted by Gasteiger charge is 2.53. The van der Waals surface area contributed by atoms with Crippen molar-refractivity contribution in [2.24, 2.45) is 11.1 Å². The van der Waals surface area contributed by atoms with Crippen molar-refractivity contribution in [2.75, 3.05) is 13.1 Å². The summed E-state index contributed by atoms with van der Waals surface area (Å²) in [5.74, 6) is 0.259. The van der Waals surface area contributed by atoms with Crippen LogP contribution in [0.1, 0.15) is 59.8 Å².